The highest BCUT2D eigenvalue weighted by Crippen LogP contribution is 2.31. The maximum atomic E-state index is 12.9. The molecule has 0 bridgehead atoms. The van der Waals surface area contributed by atoms with E-state index < -0.39 is 0 Å². The first-order valence-corrected chi connectivity index (χ1v) is 11.3. The summed E-state index contributed by atoms with van der Waals surface area (Å²) >= 11 is 1.33. The Morgan fingerprint density at radius 2 is 1.83 bits per heavy atom. The lowest BCUT2D eigenvalue weighted by Crippen LogP contribution is -2.36. The number of hydrogen-bond acceptors (Lipinski definition) is 6. The lowest BCUT2D eigenvalue weighted by atomic mass is 10.1. The highest BCUT2D eigenvalue weighted by atomic mass is 32.2. The molecule has 1 saturated heterocycles. The average molecular weight is 415 g/mol. The van der Waals surface area contributed by atoms with E-state index in [4.69, 9.17) is 0 Å². The normalized spacial score (nSPS) is 17.4. The van der Waals surface area contributed by atoms with E-state index in [2.05, 4.69) is 20.8 Å². The standard InChI is InChI=1S/C20H26N6O2S/c27-18(14-29-20-22-23-24-26(20)15-8-2-3-9-15)21-17-11-5-4-10-16(17)19(28)25-12-6-1-7-13-25/h4-5,10-11,15H,1-3,6-9,12-14H2,(H,21,27). The summed E-state index contributed by atoms with van der Waals surface area (Å²) in [6.45, 7) is 1.56. The van der Waals surface area contributed by atoms with Crippen LogP contribution in [0.5, 0.6) is 0 Å². The SMILES string of the molecule is O=C(CSc1nnnn1C1CCCC1)Nc1ccccc1C(=O)N1CCCCC1. The van der Waals surface area contributed by atoms with Gasteiger partial charge in [0.05, 0.1) is 23.0 Å². The van der Waals surface area contributed by atoms with E-state index in [0.717, 1.165) is 38.8 Å². The zero-order valence-electron chi connectivity index (χ0n) is 16.4. The van der Waals surface area contributed by atoms with Gasteiger partial charge in [0, 0.05) is 13.1 Å². The van der Waals surface area contributed by atoms with Gasteiger partial charge in [-0.05, 0) is 54.7 Å². The number of amides is 2. The number of benzene rings is 1. The molecule has 154 valence electrons. The molecule has 2 fully saturated rings. The van der Waals surface area contributed by atoms with Gasteiger partial charge in [0.2, 0.25) is 11.1 Å². The van der Waals surface area contributed by atoms with Crippen LogP contribution in [0.2, 0.25) is 0 Å². The van der Waals surface area contributed by atoms with Gasteiger partial charge in [-0.2, -0.15) is 0 Å². The third-order valence-electron chi connectivity index (χ3n) is 5.54. The third kappa shape index (κ3) is 4.77. The van der Waals surface area contributed by atoms with Crippen LogP contribution in [0.1, 0.15) is 61.3 Å². The second-order valence-electron chi connectivity index (χ2n) is 7.58. The van der Waals surface area contributed by atoms with E-state index in [1.807, 2.05) is 21.7 Å². The number of rotatable bonds is 6. The Morgan fingerprint density at radius 1 is 1.07 bits per heavy atom. The summed E-state index contributed by atoms with van der Waals surface area (Å²) in [4.78, 5) is 27.3. The highest BCUT2D eigenvalue weighted by molar-refractivity contribution is 7.99. The number of carbonyl (C=O) groups is 2. The first-order valence-electron chi connectivity index (χ1n) is 10.3. The summed E-state index contributed by atoms with van der Waals surface area (Å²) in [5, 5.41) is 15.5. The molecule has 4 rings (SSSR count). The summed E-state index contributed by atoms with van der Waals surface area (Å²) in [5.74, 6) is 0.00702. The van der Waals surface area contributed by atoms with Crippen molar-refractivity contribution < 1.29 is 9.59 Å². The molecular formula is C20H26N6O2S. The molecule has 29 heavy (non-hydrogen) atoms. The Bertz CT molecular complexity index is 858. The summed E-state index contributed by atoms with van der Waals surface area (Å²) in [6, 6.07) is 7.55. The van der Waals surface area contributed by atoms with Crippen LogP contribution in [0, 0.1) is 0 Å². The van der Waals surface area contributed by atoms with Crippen LogP contribution in [-0.2, 0) is 4.79 Å². The molecule has 1 aliphatic heterocycles. The van der Waals surface area contributed by atoms with Gasteiger partial charge in [0.25, 0.3) is 5.91 Å². The van der Waals surface area contributed by atoms with Crippen LogP contribution >= 0.6 is 11.8 Å². The molecule has 8 nitrogen and oxygen atoms in total. The molecule has 2 heterocycles. The minimum atomic E-state index is -0.171. The van der Waals surface area contributed by atoms with Crippen molar-refractivity contribution >= 4 is 29.3 Å². The molecule has 2 aromatic rings. The third-order valence-corrected chi connectivity index (χ3v) is 6.47. The molecule has 9 heteroatoms. The van der Waals surface area contributed by atoms with Crippen molar-refractivity contribution in [2.75, 3.05) is 24.2 Å². The number of thioether (sulfide) groups is 1. The minimum absolute atomic E-state index is 0.0153. The second-order valence-corrected chi connectivity index (χ2v) is 8.52. The van der Waals surface area contributed by atoms with Crippen molar-refractivity contribution in [1.29, 1.82) is 0 Å². The molecule has 1 saturated carbocycles. The molecule has 0 atom stereocenters. The molecule has 0 spiro atoms. The van der Waals surface area contributed by atoms with Crippen LogP contribution in [0.4, 0.5) is 5.69 Å². The van der Waals surface area contributed by atoms with Crippen molar-refractivity contribution in [1.82, 2.24) is 25.1 Å². The zero-order chi connectivity index (χ0) is 20.1. The molecule has 1 N–H and O–H groups in total. The quantitative estimate of drug-likeness (QED) is 0.730. The number of likely N-dealkylation sites (tertiary alicyclic amines) is 1. The van der Waals surface area contributed by atoms with Gasteiger partial charge >= 0.3 is 0 Å². The Hall–Kier alpha value is -2.42. The van der Waals surface area contributed by atoms with Crippen LogP contribution in [0.3, 0.4) is 0 Å². The predicted molar refractivity (Wildman–Crippen MR) is 111 cm³/mol. The Labute approximate surface area is 174 Å². The molecule has 0 radical (unpaired) electrons. The van der Waals surface area contributed by atoms with Gasteiger partial charge in [-0.3, -0.25) is 9.59 Å². The minimum Gasteiger partial charge on any atom is -0.339 e. The topological polar surface area (TPSA) is 93.0 Å². The highest BCUT2D eigenvalue weighted by Gasteiger charge is 2.23. The monoisotopic (exact) mass is 414 g/mol. The lowest BCUT2D eigenvalue weighted by Gasteiger charge is -2.27. The van der Waals surface area contributed by atoms with Gasteiger partial charge in [0.1, 0.15) is 0 Å². The number of tetrazole rings is 1. The first kappa shape index (κ1) is 19.9. The zero-order valence-corrected chi connectivity index (χ0v) is 17.2. The van der Waals surface area contributed by atoms with E-state index in [9.17, 15) is 9.59 Å². The van der Waals surface area contributed by atoms with E-state index in [-0.39, 0.29) is 17.6 Å². The van der Waals surface area contributed by atoms with E-state index in [0.29, 0.717) is 22.4 Å². The second kappa shape index (κ2) is 9.39. The Kier molecular flexibility index (Phi) is 6.43. The molecule has 1 aromatic carbocycles. The van der Waals surface area contributed by atoms with Crippen LogP contribution < -0.4 is 5.32 Å². The van der Waals surface area contributed by atoms with Crippen molar-refractivity contribution in [3.63, 3.8) is 0 Å². The smallest absolute Gasteiger partial charge is 0.255 e. The number of anilines is 1. The molecule has 1 aliphatic carbocycles. The Morgan fingerprint density at radius 3 is 2.62 bits per heavy atom. The van der Waals surface area contributed by atoms with Crippen molar-refractivity contribution in [3.05, 3.63) is 29.8 Å². The van der Waals surface area contributed by atoms with Gasteiger partial charge in [-0.15, -0.1) is 5.10 Å². The van der Waals surface area contributed by atoms with Gasteiger partial charge in [-0.1, -0.05) is 36.7 Å². The molecule has 2 aliphatic rings. The summed E-state index contributed by atoms with van der Waals surface area (Å²) in [5.41, 5.74) is 1.10. The lowest BCUT2D eigenvalue weighted by molar-refractivity contribution is -0.113. The number of piperidine rings is 1. The average Bonchev–Trinajstić information content (AvgIpc) is 3.44. The fourth-order valence-electron chi connectivity index (χ4n) is 4.02. The van der Waals surface area contributed by atoms with Crippen LogP contribution in [-0.4, -0.2) is 55.8 Å². The van der Waals surface area contributed by atoms with Crippen LogP contribution in [0.15, 0.2) is 29.4 Å². The van der Waals surface area contributed by atoms with Crippen molar-refractivity contribution in [2.24, 2.45) is 0 Å². The molecular weight excluding hydrogens is 388 g/mol. The number of para-hydroxylation sites is 1. The number of hydrogen-bond donors (Lipinski definition) is 1. The molecule has 1 aromatic heterocycles. The van der Waals surface area contributed by atoms with E-state index in [1.54, 1.807) is 12.1 Å². The number of carbonyl (C=O) groups excluding carboxylic acids is 2. The first-order chi connectivity index (χ1) is 14.2. The largest absolute Gasteiger partial charge is 0.339 e. The summed E-state index contributed by atoms with van der Waals surface area (Å²) in [7, 11) is 0. The summed E-state index contributed by atoms with van der Waals surface area (Å²) < 4.78 is 1.85. The fourth-order valence-corrected chi connectivity index (χ4v) is 4.77. The number of aromatic nitrogens is 4. The van der Waals surface area contributed by atoms with Gasteiger partial charge in [0.15, 0.2) is 0 Å². The van der Waals surface area contributed by atoms with E-state index in [1.165, 1.54) is 31.0 Å². The Balaban J connectivity index is 1.38. The predicted octanol–water partition coefficient (Wildman–Crippen LogP) is 3.15. The summed E-state index contributed by atoms with van der Waals surface area (Å²) in [6.07, 6.45) is 7.78. The maximum absolute atomic E-state index is 12.9. The van der Waals surface area contributed by atoms with E-state index >= 15 is 0 Å². The van der Waals surface area contributed by atoms with Gasteiger partial charge < -0.3 is 10.2 Å². The van der Waals surface area contributed by atoms with Crippen molar-refractivity contribution in [2.45, 2.75) is 56.1 Å². The number of nitrogens with one attached hydrogen (secondary N) is 1. The fraction of sp³-hybridized carbons (Fsp3) is 0.550. The molecule has 2 amide bonds. The van der Waals surface area contributed by atoms with Gasteiger partial charge in [-0.25, -0.2) is 4.68 Å². The van der Waals surface area contributed by atoms with Crippen LogP contribution in [0.25, 0.3) is 0 Å². The molecule has 0 unspecified atom stereocenters. The maximum Gasteiger partial charge on any atom is 0.255 e. The van der Waals surface area contributed by atoms with Crippen molar-refractivity contribution in [3.8, 4) is 0 Å². The number of nitrogens with zero attached hydrogens (tertiary/aromatic N) is 5.